The highest BCUT2D eigenvalue weighted by Crippen LogP contribution is 2.43. The Bertz CT molecular complexity index is 867. The van der Waals surface area contributed by atoms with E-state index in [9.17, 15) is 14.0 Å². The molecule has 1 aliphatic carbocycles. The smallest absolute Gasteiger partial charge is 0.336 e. The number of benzene rings is 1. The van der Waals surface area contributed by atoms with Gasteiger partial charge >= 0.3 is 5.97 Å². The molecule has 0 radical (unpaired) electrons. The summed E-state index contributed by atoms with van der Waals surface area (Å²) in [6.45, 7) is 2.62. The number of hydrogen-bond acceptors (Lipinski definition) is 5. The lowest BCUT2D eigenvalue weighted by Crippen LogP contribution is -2.35. The van der Waals surface area contributed by atoms with Crippen molar-refractivity contribution in [2.75, 3.05) is 13.2 Å². The predicted molar refractivity (Wildman–Crippen MR) is 101 cm³/mol. The molecule has 2 heterocycles. The maximum absolute atomic E-state index is 14.7. The van der Waals surface area contributed by atoms with E-state index in [1.165, 1.54) is 6.07 Å². The van der Waals surface area contributed by atoms with Gasteiger partial charge in [-0.25, -0.2) is 9.18 Å². The highest BCUT2D eigenvalue weighted by Gasteiger charge is 2.40. The van der Waals surface area contributed by atoms with E-state index in [2.05, 4.69) is 5.32 Å². The van der Waals surface area contributed by atoms with E-state index >= 15 is 0 Å². The molecule has 28 heavy (non-hydrogen) atoms. The summed E-state index contributed by atoms with van der Waals surface area (Å²) < 4.78 is 25.7. The van der Waals surface area contributed by atoms with Gasteiger partial charge in [0.25, 0.3) is 0 Å². The van der Waals surface area contributed by atoms with Gasteiger partial charge in [-0.3, -0.25) is 4.79 Å². The Morgan fingerprint density at radius 3 is 2.86 bits per heavy atom. The fourth-order valence-corrected chi connectivity index (χ4v) is 4.30. The minimum atomic E-state index is -0.748. The number of nitrogens with one attached hydrogen (secondary N) is 1. The maximum atomic E-state index is 14.7. The van der Waals surface area contributed by atoms with Crippen molar-refractivity contribution in [3.05, 3.63) is 58.2 Å². The summed E-state index contributed by atoms with van der Waals surface area (Å²) in [4.78, 5) is 25.8. The number of halogens is 1. The highest BCUT2D eigenvalue weighted by atomic mass is 19.1. The molecule has 0 aromatic heterocycles. The minimum absolute atomic E-state index is 0.0427. The van der Waals surface area contributed by atoms with E-state index in [-0.39, 0.29) is 18.5 Å². The number of esters is 1. The van der Waals surface area contributed by atoms with Crippen molar-refractivity contribution in [1.82, 2.24) is 5.32 Å². The second kappa shape index (κ2) is 7.87. The zero-order valence-electron chi connectivity index (χ0n) is 15.9. The van der Waals surface area contributed by atoms with E-state index in [1.54, 1.807) is 25.1 Å². The molecule has 0 unspecified atom stereocenters. The molecular formula is C22H24FNO4. The van der Waals surface area contributed by atoms with E-state index in [1.807, 2.05) is 0 Å². The third kappa shape index (κ3) is 3.49. The van der Waals surface area contributed by atoms with Gasteiger partial charge in [0.1, 0.15) is 12.4 Å². The van der Waals surface area contributed by atoms with Crippen LogP contribution in [0.1, 0.15) is 50.5 Å². The van der Waals surface area contributed by atoms with Gasteiger partial charge in [-0.15, -0.1) is 0 Å². The Kier molecular flexibility index (Phi) is 5.31. The molecule has 1 N–H and O–H groups in total. The predicted octanol–water partition coefficient (Wildman–Crippen LogP) is 3.52. The summed E-state index contributed by atoms with van der Waals surface area (Å²) in [5.41, 5.74) is 2.52. The number of Topliss-reactive ketones (excluding diaryl/α,β-unsaturated/α-hetero) is 1. The lowest BCUT2D eigenvalue weighted by atomic mass is 9.75. The van der Waals surface area contributed by atoms with Gasteiger partial charge in [0.15, 0.2) is 5.78 Å². The largest absolute Gasteiger partial charge is 0.459 e. The number of rotatable bonds is 4. The summed E-state index contributed by atoms with van der Waals surface area (Å²) in [6, 6.07) is 6.32. The van der Waals surface area contributed by atoms with Crippen LogP contribution in [0.15, 0.2) is 46.8 Å². The first-order valence-corrected chi connectivity index (χ1v) is 9.83. The number of carbonyl (C=O) groups excluding carboxylic acids is 2. The number of ketones is 1. The molecule has 5 nitrogen and oxygen atoms in total. The Labute approximate surface area is 163 Å². The van der Waals surface area contributed by atoms with Crippen molar-refractivity contribution in [1.29, 1.82) is 0 Å². The first kappa shape index (κ1) is 18.9. The lowest BCUT2D eigenvalue weighted by molar-refractivity contribution is -0.142. The molecule has 148 valence electrons. The number of hydrogen-bond donors (Lipinski definition) is 1. The van der Waals surface area contributed by atoms with Crippen molar-refractivity contribution in [2.45, 2.75) is 51.0 Å². The highest BCUT2D eigenvalue weighted by molar-refractivity contribution is 6.03. The summed E-state index contributed by atoms with van der Waals surface area (Å²) >= 11 is 0. The molecule has 0 spiro atoms. The van der Waals surface area contributed by atoms with Gasteiger partial charge in [0.05, 0.1) is 17.6 Å². The van der Waals surface area contributed by atoms with Gasteiger partial charge in [0, 0.05) is 35.6 Å². The van der Waals surface area contributed by atoms with Crippen molar-refractivity contribution < 1.29 is 23.5 Å². The maximum Gasteiger partial charge on any atom is 0.336 e. The third-order valence-corrected chi connectivity index (χ3v) is 5.64. The van der Waals surface area contributed by atoms with Gasteiger partial charge in [-0.05, 0) is 38.7 Å². The van der Waals surface area contributed by atoms with Crippen LogP contribution in [0.3, 0.4) is 0 Å². The minimum Gasteiger partial charge on any atom is -0.459 e. The number of ether oxygens (including phenoxy) is 2. The fourth-order valence-electron chi connectivity index (χ4n) is 4.30. The fraction of sp³-hybridized carbons (Fsp3) is 0.455. The number of allylic oxidation sites excluding steroid dienone is 3. The van der Waals surface area contributed by atoms with Crippen LogP contribution in [0.25, 0.3) is 0 Å². The molecule has 4 rings (SSSR count). The van der Waals surface area contributed by atoms with E-state index in [0.29, 0.717) is 41.9 Å². The second-order valence-electron chi connectivity index (χ2n) is 7.52. The Morgan fingerprint density at radius 1 is 1.29 bits per heavy atom. The van der Waals surface area contributed by atoms with Gasteiger partial charge in [0.2, 0.25) is 0 Å². The monoisotopic (exact) mass is 385 g/mol. The van der Waals surface area contributed by atoms with Gasteiger partial charge < -0.3 is 14.8 Å². The molecule has 2 atom stereocenters. The molecule has 0 saturated carbocycles. The summed E-state index contributed by atoms with van der Waals surface area (Å²) in [5.74, 6) is -1.75. The first-order chi connectivity index (χ1) is 13.6. The topological polar surface area (TPSA) is 64.6 Å². The average molecular weight is 385 g/mol. The van der Waals surface area contributed by atoms with Crippen LogP contribution in [0.5, 0.6) is 0 Å². The molecule has 1 aromatic carbocycles. The molecule has 6 heteroatoms. The number of dihydropyridines is 1. The molecule has 1 fully saturated rings. The summed E-state index contributed by atoms with van der Waals surface area (Å²) in [5, 5.41) is 3.21. The van der Waals surface area contributed by atoms with Crippen LogP contribution in [0.4, 0.5) is 4.39 Å². The quantitative estimate of drug-likeness (QED) is 0.804. The number of carbonyl (C=O) groups is 2. The van der Waals surface area contributed by atoms with Crippen LogP contribution in [-0.2, 0) is 19.1 Å². The molecule has 1 saturated heterocycles. The van der Waals surface area contributed by atoms with Crippen molar-refractivity contribution in [3.8, 4) is 0 Å². The summed E-state index contributed by atoms with van der Waals surface area (Å²) in [7, 11) is 0. The van der Waals surface area contributed by atoms with Crippen LogP contribution < -0.4 is 5.32 Å². The second-order valence-corrected chi connectivity index (χ2v) is 7.52. The molecule has 2 aliphatic heterocycles. The van der Waals surface area contributed by atoms with Crippen LogP contribution in [-0.4, -0.2) is 31.1 Å². The van der Waals surface area contributed by atoms with E-state index in [0.717, 1.165) is 25.0 Å². The molecule has 1 aromatic rings. The standard InChI is InChI=1S/C22H24FNO4/c1-13-19(22(26)28-12-14-6-5-11-27-14)20(15-7-2-3-8-16(15)23)21-17(24-13)9-4-10-18(21)25/h2-3,7-8,14,20,24H,4-6,9-12H2,1H3/t14-,20+/m1/s1. The molecule has 3 aliphatic rings. The van der Waals surface area contributed by atoms with E-state index in [4.69, 9.17) is 9.47 Å². The van der Waals surface area contributed by atoms with Crippen molar-refractivity contribution in [3.63, 3.8) is 0 Å². The molecular weight excluding hydrogens is 361 g/mol. The Balaban J connectivity index is 1.71. The average Bonchev–Trinajstić information content (AvgIpc) is 3.19. The molecule has 0 amide bonds. The SMILES string of the molecule is CC1=C(C(=O)OC[C@H]2CCCO2)[C@H](c2ccccc2F)C2=C(CCCC2=O)N1. The van der Waals surface area contributed by atoms with Crippen molar-refractivity contribution >= 4 is 11.8 Å². The first-order valence-electron chi connectivity index (χ1n) is 9.83. The van der Waals surface area contributed by atoms with Crippen LogP contribution in [0.2, 0.25) is 0 Å². The Hall–Kier alpha value is -2.47. The van der Waals surface area contributed by atoms with Crippen LogP contribution in [0, 0.1) is 5.82 Å². The normalized spacial score (nSPS) is 24.9. The van der Waals surface area contributed by atoms with Crippen LogP contribution >= 0.6 is 0 Å². The zero-order chi connectivity index (χ0) is 19.7. The van der Waals surface area contributed by atoms with E-state index < -0.39 is 17.7 Å². The van der Waals surface area contributed by atoms with Gasteiger partial charge in [-0.2, -0.15) is 0 Å². The summed E-state index contributed by atoms with van der Waals surface area (Å²) in [6.07, 6.45) is 3.58. The lowest BCUT2D eigenvalue weighted by Gasteiger charge is -2.34. The zero-order valence-corrected chi connectivity index (χ0v) is 15.9. The third-order valence-electron chi connectivity index (χ3n) is 5.64. The Morgan fingerprint density at radius 2 is 2.11 bits per heavy atom. The van der Waals surface area contributed by atoms with Crippen molar-refractivity contribution in [2.24, 2.45) is 0 Å². The van der Waals surface area contributed by atoms with Gasteiger partial charge in [-0.1, -0.05) is 18.2 Å². The molecule has 0 bridgehead atoms.